The van der Waals surface area contributed by atoms with Crippen molar-refractivity contribution in [1.82, 2.24) is 0 Å². The predicted molar refractivity (Wildman–Crippen MR) is 83.2 cm³/mol. The maximum atomic E-state index is 12.4. The second kappa shape index (κ2) is 5.84. The van der Waals surface area contributed by atoms with E-state index in [1.807, 2.05) is 12.1 Å². The van der Waals surface area contributed by atoms with E-state index < -0.39 is 4.92 Å². The van der Waals surface area contributed by atoms with Gasteiger partial charge in [-0.2, -0.15) is 4.57 Å². The van der Waals surface area contributed by atoms with Crippen molar-refractivity contribution in [2.75, 3.05) is 0 Å². The Kier molecular flexibility index (Phi) is 3.72. The minimum absolute atomic E-state index is 0.0344. The summed E-state index contributed by atoms with van der Waals surface area (Å²) < 4.78 is 1.66. The van der Waals surface area contributed by atoms with Gasteiger partial charge in [0.2, 0.25) is 12.3 Å². The molecular formula is C17H13N2O4+. The maximum absolute atomic E-state index is 12.4. The second-order valence-corrected chi connectivity index (χ2v) is 5.08. The quantitative estimate of drug-likeness (QED) is 0.347. The van der Waals surface area contributed by atoms with Crippen molar-refractivity contribution in [2.45, 2.75) is 6.54 Å². The number of nitrogens with zero attached hydrogens (tertiary/aromatic N) is 2. The fourth-order valence-electron chi connectivity index (χ4n) is 2.47. The lowest BCUT2D eigenvalue weighted by Crippen LogP contribution is -2.38. The molecule has 0 amide bonds. The van der Waals surface area contributed by atoms with Crippen LogP contribution >= 0.6 is 0 Å². The van der Waals surface area contributed by atoms with Gasteiger partial charge in [0, 0.05) is 23.8 Å². The molecule has 0 saturated heterocycles. The van der Waals surface area contributed by atoms with Crippen molar-refractivity contribution in [3.8, 4) is 5.75 Å². The van der Waals surface area contributed by atoms with Crippen LogP contribution in [0, 0.1) is 10.1 Å². The molecule has 0 saturated carbocycles. The van der Waals surface area contributed by atoms with Crippen LogP contribution in [0.5, 0.6) is 5.75 Å². The summed E-state index contributed by atoms with van der Waals surface area (Å²) in [6.07, 6.45) is 1.71. The highest BCUT2D eigenvalue weighted by atomic mass is 16.6. The van der Waals surface area contributed by atoms with Crippen LogP contribution in [0.15, 0.2) is 60.8 Å². The Hall–Kier alpha value is -3.28. The second-order valence-electron chi connectivity index (χ2n) is 5.08. The summed E-state index contributed by atoms with van der Waals surface area (Å²) in [5, 5.41) is 21.5. The molecule has 0 aliphatic carbocycles. The van der Waals surface area contributed by atoms with Gasteiger partial charge in [-0.15, -0.1) is 0 Å². The Balaban J connectivity index is 1.93. The molecule has 3 rings (SSSR count). The molecule has 0 unspecified atom stereocenters. The number of aromatic nitrogens is 1. The molecular weight excluding hydrogens is 296 g/mol. The first kappa shape index (κ1) is 14.6. The van der Waals surface area contributed by atoms with Crippen molar-refractivity contribution in [3.05, 3.63) is 76.5 Å². The minimum Gasteiger partial charge on any atom is -0.502 e. The summed E-state index contributed by atoms with van der Waals surface area (Å²) in [7, 11) is 0. The number of Topliss-reactive ketones (excluding diaryl/α,β-unsaturated/α-hetero) is 1. The Bertz CT molecular complexity index is 899. The normalized spacial score (nSPS) is 10.6. The lowest BCUT2D eigenvalue weighted by atomic mass is 10.1. The molecule has 6 nitrogen and oxygen atoms in total. The van der Waals surface area contributed by atoms with Crippen LogP contribution in [-0.4, -0.2) is 15.8 Å². The topological polar surface area (TPSA) is 84.3 Å². The minimum atomic E-state index is -0.508. The van der Waals surface area contributed by atoms with E-state index in [2.05, 4.69) is 0 Å². The number of nitro groups is 1. The van der Waals surface area contributed by atoms with Gasteiger partial charge in [-0.1, -0.05) is 6.07 Å². The SMILES string of the molecule is O=C(C[n+]1cccc2cccc(O)c21)c1ccc([N+](=O)[O-])cc1. The van der Waals surface area contributed by atoms with Crippen LogP contribution in [-0.2, 0) is 6.54 Å². The molecule has 6 heteroatoms. The molecule has 1 heterocycles. The third-order valence-electron chi connectivity index (χ3n) is 3.59. The number of hydrogen-bond acceptors (Lipinski definition) is 4. The number of para-hydroxylation sites is 1. The summed E-state index contributed by atoms with van der Waals surface area (Å²) >= 11 is 0. The standard InChI is InChI=1S/C17H12N2O4/c20-15-5-1-3-13-4-2-10-18(17(13)15)11-16(21)12-6-8-14(9-7-12)19(22)23/h1-10H,11H2/p+1. The van der Waals surface area contributed by atoms with Gasteiger partial charge in [0.05, 0.1) is 10.3 Å². The lowest BCUT2D eigenvalue weighted by molar-refractivity contribution is -0.657. The van der Waals surface area contributed by atoms with Crippen LogP contribution in [0.3, 0.4) is 0 Å². The zero-order valence-electron chi connectivity index (χ0n) is 12.0. The first-order valence-corrected chi connectivity index (χ1v) is 6.94. The molecule has 0 aliphatic rings. The maximum Gasteiger partial charge on any atom is 0.269 e. The number of carbonyl (C=O) groups is 1. The number of non-ortho nitro benzene ring substituents is 1. The van der Waals surface area contributed by atoms with Crippen LogP contribution in [0.1, 0.15) is 10.4 Å². The Morgan fingerprint density at radius 1 is 1.09 bits per heavy atom. The van der Waals surface area contributed by atoms with Crippen LogP contribution in [0.4, 0.5) is 5.69 Å². The van der Waals surface area contributed by atoms with E-state index in [-0.39, 0.29) is 23.8 Å². The van der Waals surface area contributed by atoms with Gasteiger partial charge in [-0.05, 0) is 30.3 Å². The molecule has 0 radical (unpaired) electrons. The van der Waals surface area contributed by atoms with Gasteiger partial charge in [-0.25, -0.2) is 0 Å². The van der Waals surface area contributed by atoms with E-state index in [9.17, 15) is 20.0 Å². The van der Waals surface area contributed by atoms with Crippen LogP contribution in [0.25, 0.3) is 10.9 Å². The zero-order valence-corrected chi connectivity index (χ0v) is 12.0. The molecule has 0 atom stereocenters. The van der Waals surface area contributed by atoms with Crippen LogP contribution in [0.2, 0.25) is 0 Å². The highest BCUT2D eigenvalue weighted by Crippen LogP contribution is 2.20. The number of pyridine rings is 1. The highest BCUT2D eigenvalue weighted by molar-refractivity contribution is 5.95. The molecule has 23 heavy (non-hydrogen) atoms. The molecule has 0 fully saturated rings. The number of hydrogen-bond donors (Lipinski definition) is 1. The molecule has 0 spiro atoms. The van der Waals surface area contributed by atoms with Crippen molar-refractivity contribution >= 4 is 22.4 Å². The Morgan fingerprint density at radius 3 is 2.48 bits per heavy atom. The number of phenols is 1. The summed E-state index contributed by atoms with van der Waals surface area (Å²) in [5.41, 5.74) is 0.901. The number of fused-ring (bicyclic) bond motifs is 1. The monoisotopic (exact) mass is 309 g/mol. The largest absolute Gasteiger partial charge is 0.502 e. The van der Waals surface area contributed by atoms with Crippen molar-refractivity contribution in [2.24, 2.45) is 0 Å². The number of ketones is 1. The fraction of sp³-hybridized carbons (Fsp3) is 0.0588. The molecule has 3 aromatic rings. The number of benzene rings is 2. The number of rotatable bonds is 4. The number of nitro benzene ring substituents is 1. The van der Waals surface area contributed by atoms with E-state index in [1.54, 1.807) is 29.0 Å². The molecule has 114 valence electrons. The number of phenolic OH excluding ortho intramolecular Hbond substituents is 1. The van der Waals surface area contributed by atoms with Gasteiger partial charge >= 0.3 is 0 Å². The Morgan fingerprint density at radius 2 is 1.78 bits per heavy atom. The predicted octanol–water partition coefficient (Wildman–Crippen LogP) is 2.62. The summed E-state index contributed by atoms with van der Waals surface area (Å²) in [6, 6.07) is 14.3. The van der Waals surface area contributed by atoms with Crippen molar-refractivity contribution in [1.29, 1.82) is 0 Å². The fourth-order valence-corrected chi connectivity index (χ4v) is 2.47. The highest BCUT2D eigenvalue weighted by Gasteiger charge is 2.18. The Labute approximate surface area is 131 Å². The number of aromatic hydroxyl groups is 1. The third kappa shape index (κ3) is 2.87. The first-order valence-electron chi connectivity index (χ1n) is 6.94. The van der Waals surface area contributed by atoms with E-state index in [1.165, 1.54) is 24.3 Å². The molecule has 1 N–H and O–H groups in total. The molecule has 0 aliphatic heterocycles. The summed E-state index contributed by atoms with van der Waals surface area (Å²) in [5.74, 6) is -0.0970. The van der Waals surface area contributed by atoms with E-state index in [0.29, 0.717) is 11.1 Å². The van der Waals surface area contributed by atoms with Crippen molar-refractivity contribution < 1.29 is 19.4 Å². The lowest BCUT2D eigenvalue weighted by Gasteiger charge is -2.03. The summed E-state index contributed by atoms with van der Waals surface area (Å²) in [4.78, 5) is 22.5. The first-order chi connectivity index (χ1) is 11.1. The number of carbonyl (C=O) groups excluding carboxylic acids is 1. The molecule has 1 aromatic heterocycles. The summed E-state index contributed by atoms with van der Waals surface area (Å²) in [6.45, 7) is 0.0344. The zero-order chi connectivity index (χ0) is 16.4. The van der Waals surface area contributed by atoms with Crippen molar-refractivity contribution in [3.63, 3.8) is 0 Å². The molecule has 2 aromatic carbocycles. The average Bonchev–Trinajstić information content (AvgIpc) is 2.55. The van der Waals surface area contributed by atoms with E-state index in [4.69, 9.17) is 0 Å². The van der Waals surface area contributed by atoms with E-state index in [0.717, 1.165) is 5.39 Å². The van der Waals surface area contributed by atoms with Gasteiger partial charge in [-0.3, -0.25) is 14.9 Å². The van der Waals surface area contributed by atoms with Gasteiger partial charge < -0.3 is 5.11 Å². The van der Waals surface area contributed by atoms with Gasteiger partial charge in [0.15, 0.2) is 11.9 Å². The third-order valence-corrected chi connectivity index (χ3v) is 3.59. The van der Waals surface area contributed by atoms with Gasteiger partial charge in [0.25, 0.3) is 11.2 Å². The smallest absolute Gasteiger partial charge is 0.269 e. The molecule has 0 bridgehead atoms. The average molecular weight is 309 g/mol. The van der Waals surface area contributed by atoms with Gasteiger partial charge in [0.1, 0.15) is 0 Å². The van der Waals surface area contributed by atoms with E-state index >= 15 is 0 Å². The van der Waals surface area contributed by atoms with Crippen LogP contribution < -0.4 is 4.57 Å².